The third-order valence-corrected chi connectivity index (χ3v) is 2.95. The van der Waals surface area contributed by atoms with Gasteiger partial charge in [0.1, 0.15) is 0 Å². The number of hydrogen-bond acceptors (Lipinski definition) is 2. The van der Waals surface area contributed by atoms with Gasteiger partial charge in [0.2, 0.25) is 11.8 Å². The van der Waals surface area contributed by atoms with Gasteiger partial charge in [-0.15, -0.1) is 24.0 Å². The number of aromatic nitrogens is 1. The number of hydrogen-bond donors (Lipinski definition) is 1. The molecule has 1 saturated heterocycles. The van der Waals surface area contributed by atoms with E-state index in [4.69, 9.17) is 0 Å². The fourth-order valence-electron chi connectivity index (χ4n) is 2.08. The molecule has 0 spiro atoms. The molecular weight excluding hydrogens is 450 g/mol. The number of allylic oxidation sites excluding steroid dienone is 1. The number of nitrogens with zero attached hydrogens (tertiary/aromatic N) is 1. The minimum absolute atomic E-state index is 0. The van der Waals surface area contributed by atoms with Crippen LogP contribution in [0.4, 0.5) is 0 Å². The Balaban J connectivity index is 0. The SMILES string of the molecule is C/C=C\c1c(C)[c-]cn1C1CCC(=O)NC1=O.CC.CC.[Re]. The topological polar surface area (TPSA) is 51.1 Å². The maximum absolute atomic E-state index is 11.8. The number of piperidine rings is 1. The van der Waals surface area contributed by atoms with Crippen LogP contribution in [0, 0.1) is 13.0 Å². The molecule has 1 aliphatic rings. The van der Waals surface area contributed by atoms with E-state index in [1.54, 1.807) is 6.20 Å². The van der Waals surface area contributed by atoms with Gasteiger partial charge in [0, 0.05) is 26.8 Å². The summed E-state index contributed by atoms with van der Waals surface area (Å²) in [4.78, 5) is 22.9. The Morgan fingerprint density at radius 2 is 1.86 bits per heavy atom. The van der Waals surface area contributed by atoms with Crippen molar-refractivity contribution in [1.82, 2.24) is 9.88 Å². The Kier molecular flexibility index (Phi) is 13.0. The van der Waals surface area contributed by atoms with E-state index >= 15 is 0 Å². The van der Waals surface area contributed by atoms with Crippen LogP contribution in [0.2, 0.25) is 0 Å². The van der Waals surface area contributed by atoms with Gasteiger partial charge in [-0.3, -0.25) is 14.9 Å². The number of nitrogens with one attached hydrogen (secondary N) is 1. The first-order valence-corrected chi connectivity index (χ1v) is 7.69. The van der Waals surface area contributed by atoms with Crippen molar-refractivity contribution in [1.29, 1.82) is 0 Å². The number of imide groups is 1. The van der Waals surface area contributed by atoms with E-state index in [0.29, 0.717) is 12.8 Å². The zero-order valence-electron chi connectivity index (χ0n) is 14.4. The van der Waals surface area contributed by atoms with Crippen molar-refractivity contribution in [3.63, 3.8) is 0 Å². The number of rotatable bonds is 2. The van der Waals surface area contributed by atoms with Crippen LogP contribution in [-0.2, 0) is 30.0 Å². The molecule has 2 amide bonds. The standard InChI is InChI=1S/C13H15N2O2.2C2H6.Re/c1-3-4-10-9(2)7-8-15(10)11-5-6-12(16)14-13(11)17;2*1-2;/h3-4,8,11H,5-6H2,1-2H3,(H,14,16,17);2*1-2H3;/q-1;;;/b4-3-;;;. The summed E-state index contributed by atoms with van der Waals surface area (Å²) in [5, 5.41) is 2.37. The second-order valence-electron chi connectivity index (χ2n) is 4.16. The van der Waals surface area contributed by atoms with Crippen LogP contribution < -0.4 is 5.32 Å². The molecule has 4 nitrogen and oxygen atoms in total. The van der Waals surface area contributed by atoms with Gasteiger partial charge in [0.25, 0.3) is 0 Å². The molecule has 1 radical (unpaired) electrons. The summed E-state index contributed by atoms with van der Waals surface area (Å²) in [7, 11) is 0. The molecule has 1 unspecified atom stereocenters. The summed E-state index contributed by atoms with van der Waals surface area (Å²) in [5.41, 5.74) is 1.98. The molecule has 1 aliphatic heterocycles. The summed E-state index contributed by atoms with van der Waals surface area (Å²) in [6.07, 6.45) is 6.61. The average Bonchev–Trinajstić information content (AvgIpc) is 2.85. The Bertz CT molecular complexity index is 493. The van der Waals surface area contributed by atoms with Gasteiger partial charge in [-0.2, -0.15) is 5.56 Å². The Morgan fingerprint density at radius 3 is 2.36 bits per heavy atom. The molecule has 1 fully saturated rings. The normalized spacial score (nSPS) is 16.7. The van der Waals surface area contributed by atoms with Crippen LogP contribution in [0.1, 0.15) is 64.8 Å². The fourth-order valence-corrected chi connectivity index (χ4v) is 2.08. The molecule has 0 aliphatic carbocycles. The van der Waals surface area contributed by atoms with E-state index in [2.05, 4.69) is 11.4 Å². The maximum atomic E-state index is 11.8. The smallest absolute Gasteiger partial charge is 0.248 e. The van der Waals surface area contributed by atoms with E-state index in [-0.39, 0.29) is 38.3 Å². The molecule has 0 bridgehead atoms. The molecule has 125 valence electrons. The predicted molar refractivity (Wildman–Crippen MR) is 86.8 cm³/mol. The van der Waals surface area contributed by atoms with E-state index in [1.165, 1.54) is 0 Å². The zero-order valence-corrected chi connectivity index (χ0v) is 17.1. The van der Waals surface area contributed by atoms with E-state index in [9.17, 15) is 9.59 Å². The first kappa shape index (κ1) is 23.1. The monoisotopic (exact) mass is 478 g/mol. The molecule has 5 heteroatoms. The van der Waals surface area contributed by atoms with Crippen molar-refractivity contribution < 1.29 is 30.0 Å². The van der Waals surface area contributed by atoms with Gasteiger partial charge in [0.15, 0.2) is 0 Å². The van der Waals surface area contributed by atoms with Gasteiger partial charge in [0.05, 0.1) is 6.04 Å². The second-order valence-corrected chi connectivity index (χ2v) is 4.16. The minimum Gasteiger partial charge on any atom is -0.432 e. The summed E-state index contributed by atoms with van der Waals surface area (Å²) < 4.78 is 1.89. The third kappa shape index (κ3) is 5.90. The van der Waals surface area contributed by atoms with Gasteiger partial charge < -0.3 is 4.57 Å². The predicted octanol–water partition coefficient (Wildman–Crippen LogP) is 3.66. The average molecular weight is 478 g/mol. The van der Waals surface area contributed by atoms with Gasteiger partial charge >= 0.3 is 0 Å². The molecule has 1 N–H and O–H groups in total. The number of carbonyl (C=O) groups is 2. The molecule has 0 saturated carbocycles. The van der Waals surface area contributed by atoms with Crippen LogP contribution in [0.3, 0.4) is 0 Å². The van der Waals surface area contributed by atoms with Crippen LogP contribution in [0.25, 0.3) is 6.08 Å². The molecule has 1 aromatic rings. The van der Waals surface area contributed by atoms with Gasteiger partial charge in [-0.1, -0.05) is 34.6 Å². The van der Waals surface area contributed by atoms with Gasteiger partial charge in [-0.25, -0.2) is 6.07 Å². The largest absolute Gasteiger partial charge is 0.432 e. The van der Waals surface area contributed by atoms with Crippen molar-refractivity contribution in [2.75, 3.05) is 0 Å². The zero-order chi connectivity index (χ0) is 16.4. The number of amides is 2. The maximum Gasteiger partial charge on any atom is 0.248 e. The van der Waals surface area contributed by atoms with E-state index < -0.39 is 0 Å². The Hall–Kier alpha value is -1.18. The van der Waals surface area contributed by atoms with Gasteiger partial charge in [-0.05, 0) is 13.3 Å². The van der Waals surface area contributed by atoms with E-state index in [0.717, 1.165) is 11.3 Å². The van der Waals surface area contributed by atoms with Crippen molar-refractivity contribution in [2.45, 2.75) is 60.4 Å². The number of carbonyl (C=O) groups excluding carboxylic acids is 2. The summed E-state index contributed by atoms with van der Waals surface area (Å²) in [5.74, 6) is -0.414. The minimum atomic E-state index is -0.302. The third-order valence-electron chi connectivity index (χ3n) is 2.95. The molecular formula is C17H27N2O2Re-. The Labute approximate surface area is 148 Å². The van der Waals surface area contributed by atoms with Crippen molar-refractivity contribution in [3.8, 4) is 0 Å². The second kappa shape index (κ2) is 12.4. The Morgan fingerprint density at radius 1 is 1.27 bits per heavy atom. The summed E-state index contributed by atoms with van der Waals surface area (Å²) >= 11 is 0. The van der Waals surface area contributed by atoms with Crippen LogP contribution in [0.15, 0.2) is 12.3 Å². The molecule has 1 aromatic heterocycles. The fraction of sp³-hybridized carbons (Fsp3) is 0.529. The van der Waals surface area contributed by atoms with Crippen LogP contribution >= 0.6 is 0 Å². The molecule has 2 heterocycles. The van der Waals surface area contributed by atoms with Crippen LogP contribution in [-0.4, -0.2) is 16.4 Å². The van der Waals surface area contributed by atoms with Crippen molar-refractivity contribution >= 4 is 17.9 Å². The van der Waals surface area contributed by atoms with E-state index in [1.807, 2.05) is 58.3 Å². The quantitative estimate of drug-likeness (QED) is 0.522. The first-order chi connectivity index (χ1) is 10.1. The van der Waals surface area contributed by atoms with Crippen molar-refractivity contribution in [2.24, 2.45) is 0 Å². The van der Waals surface area contributed by atoms with Crippen molar-refractivity contribution in [3.05, 3.63) is 29.6 Å². The number of aryl methyl sites for hydroxylation is 1. The molecule has 0 aromatic carbocycles. The molecule has 22 heavy (non-hydrogen) atoms. The summed E-state index contributed by atoms with van der Waals surface area (Å²) in [6, 6.07) is 2.80. The first-order valence-electron chi connectivity index (χ1n) is 7.69. The molecule has 2 rings (SSSR count). The van der Waals surface area contributed by atoms with Crippen LogP contribution in [0.5, 0.6) is 0 Å². The summed E-state index contributed by atoms with van der Waals surface area (Å²) in [6.45, 7) is 11.9. The molecule has 1 atom stereocenters.